The van der Waals surface area contributed by atoms with Gasteiger partial charge in [-0.2, -0.15) is 0 Å². The number of aryl methyl sites for hydroxylation is 4. The highest BCUT2D eigenvalue weighted by molar-refractivity contribution is 6.09. The highest BCUT2D eigenvalue weighted by Gasteiger charge is 2.27. The quantitative estimate of drug-likeness (QED) is 0.210. The van der Waals surface area contributed by atoms with Crippen LogP contribution in [0.5, 0.6) is 0 Å². The maximum Gasteiger partial charge on any atom is 0.144 e. The Labute approximate surface area is 269 Å². The average molecular weight is 574 g/mol. The van der Waals surface area contributed by atoms with Gasteiger partial charge in [-0.1, -0.05) is 74.5 Å². The maximum atomic E-state index is 9.19. The van der Waals surface area contributed by atoms with E-state index in [1.54, 1.807) is 37.3 Å². The van der Waals surface area contributed by atoms with Gasteiger partial charge in [0.15, 0.2) is 0 Å². The smallest absolute Gasteiger partial charge is 0.144 e. The summed E-state index contributed by atoms with van der Waals surface area (Å²) in [5.74, 6) is -0.657. The van der Waals surface area contributed by atoms with Crippen molar-refractivity contribution < 1.29 is 18.1 Å². The molecule has 0 atom stereocenters. The van der Waals surface area contributed by atoms with E-state index in [9.17, 15) is 1.37 Å². The predicted molar refractivity (Wildman–Crippen MR) is 182 cm³/mol. The molecule has 2 heteroatoms. The molecule has 1 fully saturated rings. The molecule has 43 heavy (non-hydrogen) atoms. The highest BCUT2D eigenvalue weighted by atomic mass is 16.3. The number of rotatable bonds is 4. The van der Waals surface area contributed by atoms with Gasteiger partial charge in [-0.25, -0.2) is 0 Å². The van der Waals surface area contributed by atoms with Crippen LogP contribution in [0.3, 0.4) is 0 Å². The molecule has 216 valence electrons. The lowest BCUT2D eigenvalue weighted by atomic mass is 9.71. The van der Waals surface area contributed by atoms with Crippen LogP contribution in [0, 0.1) is 32.9 Å². The number of nitrogens with zero attached hydrogens (tertiary/aromatic N) is 1. The Morgan fingerprint density at radius 1 is 0.791 bits per heavy atom. The Hall–Kier alpha value is -4.17. The van der Waals surface area contributed by atoms with Crippen molar-refractivity contribution in [3.05, 3.63) is 113 Å². The summed E-state index contributed by atoms with van der Waals surface area (Å²) < 4.78 is 90.0. The van der Waals surface area contributed by atoms with E-state index in [0.717, 1.165) is 47.6 Å². The van der Waals surface area contributed by atoms with Gasteiger partial charge in [0.1, 0.15) is 11.2 Å². The molecule has 7 rings (SSSR count). The Morgan fingerprint density at radius 2 is 1.58 bits per heavy atom. The van der Waals surface area contributed by atoms with Gasteiger partial charge in [-0.15, -0.1) is 0 Å². The predicted octanol–water partition coefficient (Wildman–Crippen LogP) is 11.9. The summed E-state index contributed by atoms with van der Waals surface area (Å²) in [6, 6.07) is 23.2. The van der Waals surface area contributed by atoms with Crippen molar-refractivity contribution in [2.75, 3.05) is 0 Å². The summed E-state index contributed by atoms with van der Waals surface area (Å²) in [5, 5.41) is 1.45. The number of fused-ring (bicyclic) bond motifs is 3. The van der Waals surface area contributed by atoms with Gasteiger partial charge in [0.25, 0.3) is 0 Å². The van der Waals surface area contributed by atoms with Crippen molar-refractivity contribution in [1.82, 2.24) is 4.98 Å². The zero-order valence-electron chi connectivity index (χ0n) is 34.8. The Balaban J connectivity index is 1.36. The minimum absolute atomic E-state index is 0.0184. The molecule has 0 spiro atoms. The van der Waals surface area contributed by atoms with Crippen LogP contribution in [0.1, 0.15) is 86.9 Å². The molecular weight excluding hydrogens is 522 g/mol. The first-order chi connectivity index (χ1) is 24.6. The summed E-state index contributed by atoms with van der Waals surface area (Å²) in [7, 11) is 0. The molecule has 2 heterocycles. The van der Waals surface area contributed by atoms with E-state index in [0.29, 0.717) is 39.1 Å². The molecule has 0 bridgehead atoms. The van der Waals surface area contributed by atoms with E-state index in [1.165, 1.54) is 12.3 Å². The van der Waals surface area contributed by atoms with E-state index < -0.39 is 26.4 Å². The molecule has 1 aliphatic rings. The molecule has 1 aliphatic carbocycles. The summed E-state index contributed by atoms with van der Waals surface area (Å²) in [4.78, 5) is 4.56. The van der Waals surface area contributed by atoms with Gasteiger partial charge in [0, 0.05) is 36.2 Å². The molecule has 0 amide bonds. The minimum Gasteiger partial charge on any atom is -0.455 e. The molecule has 6 aromatic rings. The fourth-order valence-electron chi connectivity index (χ4n) is 6.54. The van der Waals surface area contributed by atoms with Crippen LogP contribution in [0.2, 0.25) is 0 Å². The highest BCUT2D eigenvalue weighted by Crippen LogP contribution is 2.43. The third-order valence-corrected chi connectivity index (χ3v) is 9.12. The fraction of sp³-hybridized carbons (Fsp3) is 0.293. The number of furan rings is 1. The number of hydrogen-bond acceptors (Lipinski definition) is 2. The lowest BCUT2D eigenvalue weighted by molar-refractivity contribution is 0.224. The van der Waals surface area contributed by atoms with E-state index in [2.05, 4.69) is 18.8 Å². The molecule has 0 radical (unpaired) electrons. The molecule has 2 aromatic heterocycles. The van der Waals surface area contributed by atoms with Crippen LogP contribution >= 0.6 is 0 Å². The van der Waals surface area contributed by atoms with E-state index >= 15 is 0 Å². The topological polar surface area (TPSA) is 26.0 Å². The first kappa shape index (κ1) is 18.5. The van der Waals surface area contributed by atoms with Gasteiger partial charge < -0.3 is 4.42 Å². The van der Waals surface area contributed by atoms with Crippen molar-refractivity contribution in [1.29, 1.82) is 0 Å². The van der Waals surface area contributed by atoms with E-state index in [4.69, 9.17) is 16.8 Å². The Morgan fingerprint density at radius 3 is 2.35 bits per heavy atom. The van der Waals surface area contributed by atoms with E-state index in [-0.39, 0.29) is 27.7 Å². The van der Waals surface area contributed by atoms with Crippen LogP contribution in [0.4, 0.5) is 0 Å². The second kappa shape index (κ2) is 10.5. The van der Waals surface area contributed by atoms with Crippen LogP contribution in [0.15, 0.2) is 89.5 Å². The molecule has 1 saturated carbocycles. The molecule has 0 N–H and O–H groups in total. The summed E-state index contributed by atoms with van der Waals surface area (Å²) in [6.45, 7) is -1.22. The molecule has 4 aromatic carbocycles. The maximum absolute atomic E-state index is 9.19. The van der Waals surface area contributed by atoms with Crippen molar-refractivity contribution >= 4 is 21.9 Å². The number of aromatic nitrogens is 1. The van der Waals surface area contributed by atoms with Gasteiger partial charge >= 0.3 is 0 Å². The number of pyridine rings is 1. The first-order valence-corrected chi connectivity index (χ1v) is 14.9. The zero-order chi connectivity index (χ0) is 38.3. The molecular formula is C41H41NO. The van der Waals surface area contributed by atoms with Gasteiger partial charge in [0.05, 0.1) is 5.69 Å². The number of benzene rings is 4. The van der Waals surface area contributed by atoms with Crippen molar-refractivity contribution in [2.24, 2.45) is 5.41 Å². The van der Waals surface area contributed by atoms with Crippen LogP contribution < -0.4 is 0 Å². The lowest BCUT2D eigenvalue weighted by Crippen LogP contribution is -2.20. The first-order valence-electron chi connectivity index (χ1n) is 19.9. The van der Waals surface area contributed by atoms with Crippen LogP contribution in [0.25, 0.3) is 55.4 Å². The van der Waals surface area contributed by atoms with Crippen molar-refractivity contribution in [2.45, 2.75) is 72.9 Å². The summed E-state index contributed by atoms with van der Waals surface area (Å²) in [6.07, 6.45) is 4.82. The van der Waals surface area contributed by atoms with Crippen LogP contribution in [-0.4, -0.2) is 4.98 Å². The minimum atomic E-state index is -2.61. The lowest BCUT2D eigenvalue weighted by Gasteiger charge is -2.34. The third-order valence-electron chi connectivity index (χ3n) is 9.12. The molecule has 0 aliphatic heterocycles. The monoisotopic (exact) mass is 573 g/mol. The van der Waals surface area contributed by atoms with E-state index in [1.807, 2.05) is 42.5 Å². The standard InChI is InChI=1S/C41H41NO/c1-25-10-15-33-34-8-7-9-35(40(34)43-38(33)20-25)37-23-36(28(4)24-42-37)39-26(2)21-32(22-27(39)3)30-13-11-29(12-14-30)31-16-18-41(5,6)19-17-31/h7-15,20-24,31H,16-19H2,1-6H3/i1D3,2D3,4D3,31D. The Kier molecular flexibility index (Phi) is 4.52. The average Bonchev–Trinajstić information content (AvgIpc) is 3.46. The summed E-state index contributed by atoms with van der Waals surface area (Å²) in [5.41, 5.74) is 5.64. The summed E-state index contributed by atoms with van der Waals surface area (Å²) >= 11 is 0. The molecule has 2 nitrogen and oxygen atoms in total. The third kappa shape index (κ3) is 5.07. The van der Waals surface area contributed by atoms with Crippen molar-refractivity contribution in [3.8, 4) is 33.5 Å². The van der Waals surface area contributed by atoms with Crippen LogP contribution in [-0.2, 0) is 0 Å². The Bertz CT molecular complexity index is 2350. The van der Waals surface area contributed by atoms with Gasteiger partial charge in [-0.05, 0) is 133 Å². The van der Waals surface area contributed by atoms with Gasteiger partial charge in [-0.3, -0.25) is 4.98 Å². The number of hydrogen-bond donors (Lipinski definition) is 0. The molecule has 0 unspecified atom stereocenters. The zero-order valence-corrected chi connectivity index (χ0v) is 24.8. The second-order valence-electron chi connectivity index (χ2n) is 12.7. The molecule has 0 saturated heterocycles. The second-order valence-corrected chi connectivity index (χ2v) is 12.7. The normalized spacial score (nSPS) is 20.4. The van der Waals surface area contributed by atoms with Crippen molar-refractivity contribution in [3.63, 3.8) is 0 Å². The van der Waals surface area contributed by atoms with Gasteiger partial charge in [0.2, 0.25) is 0 Å². The SMILES string of the molecule is [2H]C([2H])([2H])c1ccc2c(c1)oc1c(-c3cc(-c4c(C)cc(-c5ccc(C6([2H])CCC(C)(C)CC6)cc5)cc4C([2H])([2H])[2H])c(C([2H])([2H])[2H])cn3)cccc12. The largest absolute Gasteiger partial charge is 0.455 e. The fourth-order valence-corrected chi connectivity index (χ4v) is 6.54. The number of para-hydroxylation sites is 1.